The van der Waals surface area contributed by atoms with Crippen LogP contribution in [-0.2, 0) is 4.79 Å². The topological polar surface area (TPSA) is 63.3 Å². The molecule has 0 aromatic rings. The van der Waals surface area contributed by atoms with Crippen LogP contribution in [-0.4, -0.2) is 11.0 Å². The Labute approximate surface area is 121 Å². The minimum Gasteiger partial charge on any atom is -0.607 e. The molecule has 3 N–H and O–H groups in total. The van der Waals surface area contributed by atoms with Crippen LogP contribution in [0.25, 0.3) is 0 Å². The van der Waals surface area contributed by atoms with Gasteiger partial charge in [-0.2, -0.15) is 0 Å². The van der Waals surface area contributed by atoms with Crippen LogP contribution in [0.1, 0.15) is 13.8 Å². The SMILES string of the molecule is CC(C)([CH-]/C=C\C=[C-]O)C(N)=O.[K+]. The first-order chi connectivity index (χ1) is 5.50. The maximum absolute atomic E-state index is 10.8. The van der Waals surface area contributed by atoms with Gasteiger partial charge in [0.2, 0.25) is 5.91 Å². The summed E-state index contributed by atoms with van der Waals surface area (Å²) in [5.41, 5.74) is 4.45. The molecule has 0 aromatic heterocycles. The quantitative estimate of drug-likeness (QED) is 0.245. The van der Waals surface area contributed by atoms with Crippen LogP contribution in [0.15, 0.2) is 18.2 Å². The summed E-state index contributed by atoms with van der Waals surface area (Å²) in [4.78, 5) is 10.8. The molecular formula is C9H13KNO2-. The molecule has 1 amide bonds. The summed E-state index contributed by atoms with van der Waals surface area (Å²) in [5.74, 6) is -0.385. The second-order valence-electron chi connectivity index (χ2n) is 2.93. The average Bonchev–Trinajstić information content (AvgIpc) is 1.98. The zero-order valence-electron chi connectivity index (χ0n) is 8.24. The van der Waals surface area contributed by atoms with E-state index in [9.17, 15) is 4.79 Å². The molecule has 0 saturated heterocycles. The molecule has 0 aromatic carbocycles. The molecule has 0 aliphatic heterocycles. The van der Waals surface area contributed by atoms with Crippen molar-refractivity contribution in [1.82, 2.24) is 0 Å². The summed E-state index contributed by atoms with van der Waals surface area (Å²) in [6.07, 6.45) is 8.01. The molecule has 0 rings (SSSR count). The molecule has 68 valence electrons. The number of allylic oxidation sites excluding steroid dienone is 3. The van der Waals surface area contributed by atoms with Crippen LogP contribution in [0, 0.1) is 18.1 Å². The Morgan fingerprint density at radius 3 is 2.54 bits per heavy atom. The van der Waals surface area contributed by atoms with Gasteiger partial charge in [0.15, 0.2) is 0 Å². The summed E-state index contributed by atoms with van der Waals surface area (Å²) < 4.78 is 0. The van der Waals surface area contributed by atoms with E-state index in [2.05, 4.69) is 0 Å². The van der Waals surface area contributed by atoms with E-state index in [1.165, 1.54) is 6.08 Å². The van der Waals surface area contributed by atoms with Crippen LogP contribution >= 0.6 is 0 Å². The van der Waals surface area contributed by atoms with Gasteiger partial charge in [0.25, 0.3) is 0 Å². The van der Waals surface area contributed by atoms with E-state index in [1.54, 1.807) is 32.4 Å². The van der Waals surface area contributed by atoms with Crippen LogP contribution in [0.5, 0.6) is 0 Å². The fourth-order valence-electron chi connectivity index (χ4n) is 0.477. The first kappa shape index (κ1) is 15.7. The number of hydrogen-bond acceptors (Lipinski definition) is 2. The molecule has 4 heteroatoms. The molecule has 0 radical (unpaired) electrons. The third-order valence-electron chi connectivity index (χ3n) is 1.43. The van der Waals surface area contributed by atoms with Crippen LogP contribution in [0.2, 0.25) is 0 Å². The Morgan fingerprint density at radius 1 is 1.62 bits per heavy atom. The van der Waals surface area contributed by atoms with E-state index in [0.29, 0.717) is 0 Å². The number of hydrogen-bond donors (Lipinski definition) is 2. The van der Waals surface area contributed by atoms with E-state index in [-0.39, 0.29) is 57.3 Å². The van der Waals surface area contributed by atoms with Gasteiger partial charge in [0.1, 0.15) is 0 Å². The molecule has 3 nitrogen and oxygen atoms in total. The Hall–Kier alpha value is 0.256. The van der Waals surface area contributed by atoms with Gasteiger partial charge in [-0.05, 0) is 5.41 Å². The van der Waals surface area contributed by atoms with E-state index >= 15 is 0 Å². The van der Waals surface area contributed by atoms with Crippen LogP contribution in [0.3, 0.4) is 0 Å². The van der Waals surface area contributed by atoms with E-state index in [0.717, 1.165) is 0 Å². The van der Waals surface area contributed by atoms with Crippen LogP contribution in [0.4, 0.5) is 0 Å². The van der Waals surface area contributed by atoms with E-state index in [1.807, 2.05) is 6.26 Å². The predicted octanol–water partition coefficient (Wildman–Crippen LogP) is -1.86. The first-order valence-electron chi connectivity index (χ1n) is 3.54. The monoisotopic (exact) mass is 206 g/mol. The third kappa shape index (κ3) is 7.34. The van der Waals surface area contributed by atoms with Crippen molar-refractivity contribution in [2.45, 2.75) is 13.8 Å². The molecule has 0 unspecified atom stereocenters. The normalized spacial score (nSPS) is 11.5. The van der Waals surface area contributed by atoms with Gasteiger partial charge < -0.3 is 10.8 Å². The van der Waals surface area contributed by atoms with Gasteiger partial charge in [0.05, 0.1) is 0 Å². The Morgan fingerprint density at radius 2 is 2.15 bits per heavy atom. The molecule has 0 atom stereocenters. The minimum atomic E-state index is -0.653. The predicted molar refractivity (Wildman–Crippen MR) is 46.9 cm³/mol. The van der Waals surface area contributed by atoms with Crippen molar-refractivity contribution in [1.29, 1.82) is 0 Å². The summed E-state index contributed by atoms with van der Waals surface area (Å²) in [6.45, 7) is 3.43. The van der Waals surface area contributed by atoms with Crippen molar-refractivity contribution in [3.05, 3.63) is 30.9 Å². The smallest absolute Gasteiger partial charge is 0.607 e. The van der Waals surface area contributed by atoms with Crippen molar-refractivity contribution in [2.24, 2.45) is 11.1 Å². The number of nitrogens with two attached hydrogens (primary N) is 1. The molecule has 0 aliphatic rings. The summed E-state index contributed by atoms with van der Waals surface area (Å²) in [6, 6.07) is 0. The number of aliphatic hydroxyl groups excluding tert-OH is 1. The number of carbonyl (C=O) groups excluding carboxylic acids is 1. The largest absolute Gasteiger partial charge is 1.00 e. The number of aliphatic hydroxyl groups is 1. The zero-order chi connectivity index (χ0) is 9.61. The molecule has 0 spiro atoms. The van der Waals surface area contributed by atoms with Gasteiger partial charge in [-0.25, -0.2) is 24.6 Å². The molecule has 0 heterocycles. The van der Waals surface area contributed by atoms with Crippen molar-refractivity contribution < 1.29 is 61.3 Å². The van der Waals surface area contributed by atoms with Crippen molar-refractivity contribution >= 4 is 5.91 Å². The summed E-state index contributed by atoms with van der Waals surface area (Å²) in [5, 5.41) is 8.14. The van der Waals surface area contributed by atoms with E-state index in [4.69, 9.17) is 10.8 Å². The Bertz CT molecular complexity index is 210. The van der Waals surface area contributed by atoms with Crippen molar-refractivity contribution in [2.75, 3.05) is 0 Å². The molecule has 0 bridgehead atoms. The number of amides is 1. The second kappa shape index (κ2) is 7.64. The first-order valence-corrected chi connectivity index (χ1v) is 3.54. The molecular weight excluding hydrogens is 193 g/mol. The molecule has 13 heavy (non-hydrogen) atoms. The molecule has 0 aliphatic carbocycles. The standard InChI is InChI=1S/C9H13NO2.K/c1-9(2,8(10)12)6-4-3-5-7-11;/h3-6,11H,1-2H3,(H2,10,12);/q-2;+1/b4-3-;. The second-order valence-corrected chi connectivity index (χ2v) is 2.93. The van der Waals surface area contributed by atoms with Gasteiger partial charge in [-0.15, -0.1) is 0 Å². The fraction of sp³-hybridized carbons (Fsp3) is 0.333. The van der Waals surface area contributed by atoms with E-state index < -0.39 is 5.41 Å². The van der Waals surface area contributed by atoms with Crippen LogP contribution < -0.4 is 57.1 Å². The van der Waals surface area contributed by atoms with Gasteiger partial charge >= 0.3 is 51.4 Å². The number of carbonyl (C=O) groups is 1. The fourth-order valence-corrected chi connectivity index (χ4v) is 0.477. The zero-order valence-corrected chi connectivity index (χ0v) is 11.4. The van der Waals surface area contributed by atoms with Gasteiger partial charge in [-0.3, -0.25) is 4.79 Å². The summed E-state index contributed by atoms with van der Waals surface area (Å²) in [7, 11) is 0. The molecule has 0 saturated carbocycles. The van der Waals surface area contributed by atoms with Gasteiger partial charge in [0, 0.05) is 0 Å². The van der Waals surface area contributed by atoms with Gasteiger partial charge in [-0.1, -0.05) is 20.1 Å². The van der Waals surface area contributed by atoms with Crippen molar-refractivity contribution in [3.8, 4) is 0 Å². The molecule has 0 fully saturated rings. The maximum Gasteiger partial charge on any atom is 1.00 e. The average molecular weight is 206 g/mol. The number of rotatable bonds is 4. The van der Waals surface area contributed by atoms with Crippen molar-refractivity contribution in [3.63, 3.8) is 0 Å². The Balaban J connectivity index is 0. The Kier molecular flexibility index (Phi) is 9.24. The number of primary amides is 1. The third-order valence-corrected chi connectivity index (χ3v) is 1.43. The minimum absolute atomic E-state index is 0. The summed E-state index contributed by atoms with van der Waals surface area (Å²) >= 11 is 0. The maximum atomic E-state index is 10.8.